The average molecular weight is 292 g/mol. The fraction of sp³-hybridized carbons (Fsp3) is 0.562. The Morgan fingerprint density at radius 2 is 1.81 bits per heavy atom. The average Bonchev–Trinajstić information content (AvgIpc) is 2.41. The highest BCUT2D eigenvalue weighted by Gasteiger charge is 2.30. The number of rotatable bonds is 3. The number of aryl methyl sites for hydroxylation is 3. The van der Waals surface area contributed by atoms with E-state index >= 15 is 0 Å². The van der Waals surface area contributed by atoms with Gasteiger partial charge in [0.15, 0.2) is 0 Å². The van der Waals surface area contributed by atoms with Crippen LogP contribution in [-0.4, -0.2) is 36.5 Å². The Hall–Kier alpha value is -1.59. The first-order chi connectivity index (χ1) is 9.89. The largest absolute Gasteiger partial charge is 0.388 e. The molecule has 116 valence electrons. The Morgan fingerprint density at radius 3 is 2.38 bits per heavy atom. The van der Waals surface area contributed by atoms with Crippen molar-refractivity contribution < 1.29 is 14.6 Å². The molecule has 21 heavy (non-hydrogen) atoms. The number of hydrogen-bond donors (Lipinski definition) is 3. The van der Waals surface area contributed by atoms with Crippen LogP contribution in [0.5, 0.6) is 0 Å². The molecule has 5 nitrogen and oxygen atoms in total. The van der Waals surface area contributed by atoms with Gasteiger partial charge in [0.1, 0.15) is 0 Å². The van der Waals surface area contributed by atoms with E-state index in [1.807, 2.05) is 32.9 Å². The van der Waals surface area contributed by atoms with Gasteiger partial charge in [-0.25, -0.2) is 4.79 Å². The Balaban J connectivity index is 1.93. The molecule has 1 aromatic rings. The summed E-state index contributed by atoms with van der Waals surface area (Å²) in [6.07, 6.45) is 1.10. The van der Waals surface area contributed by atoms with Crippen molar-refractivity contribution in [1.82, 2.24) is 5.32 Å². The molecule has 3 N–H and O–H groups in total. The smallest absolute Gasteiger partial charge is 0.319 e. The Kier molecular flexibility index (Phi) is 4.85. The van der Waals surface area contributed by atoms with Crippen LogP contribution in [0.4, 0.5) is 10.5 Å². The van der Waals surface area contributed by atoms with E-state index < -0.39 is 5.60 Å². The highest BCUT2D eigenvalue weighted by atomic mass is 16.5. The normalized spacial score (nSPS) is 17.3. The highest BCUT2D eigenvalue weighted by Crippen LogP contribution is 2.22. The summed E-state index contributed by atoms with van der Waals surface area (Å²) in [5.41, 5.74) is 3.22. The first-order valence-electron chi connectivity index (χ1n) is 7.32. The van der Waals surface area contributed by atoms with Crippen LogP contribution >= 0.6 is 0 Å². The molecule has 0 bridgehead atoms. The standard InChI is InChI=1S/C16H24N2O3/c1-11-8-12(2)14(13(3)9-11)18-15(19)17-10-16(20)4-6-21-7-5-16/h8-9,20H,4-7,10H2,1-3H3,(H2,17,18,19). The first-order valence-corrected chi connectivity index (χ1v) is 7.32. The summed E-state index contributed by atoms with van der Waals surface area (Å²) in [6, 6.07) is 3.79. The number of carbonyl (C=O) groups is 1. The van der Waals surface area contributed by atoms with Gasteiger partial charge in [-0.15, -0.1) is 0 Å². The van der Waals surface area contributed by atoms with Crippen molar-refractivity contribution in [3.63, 3.8) is 0 Å². The lowest BCUT2D eigenvalue weighted by molar-refractivity contribution is -0.0598. The third-order valence-corrected chi connectivity index (χ3v) is 3.92. The monoisotopic (exact) mass is 292 g/mol. The van der Waals surface area contributed by atoms with E-state index in [1.54, 1.807) is 0 Å². The summed E-state index contributed by atoms with van der Waals surface area (Å²) in [4.78, 5) is 12.0. The van der Waals surface area contributed by atoms with Crippen molar-refractivity contribution in [3.8, 4) is 0 Å². The van der Waals surface area contributed by atoms with Crippen LogP contribution < -0.4 is 10.6 Å². The van der Waals surface area contributed by atoms with Gasteiger partial charge in [0, 0.05) is 38.3 Å². The second kappa shape index (κ2) is 6.45. The number of carbonyl (C=O) groups excluding carboxylic acids is 1. The molecule has 0 atom stereocenters. The van der Waals surface area contributed by atoms with Crippen LogP contribution in [0.15, 0.2) is 12.1 Å². The molecule has 0 aliphatic carbocycles. The van der Waals surface area contributed by atoms with Crippen LogP contribution in [0.3, 0.4) is 0 Å². The van der Waals surface area contributed by atoms with Gasteiger partial charge in [0.05, 0.1) is 5.60 Å². The molecule has 0 radical (unpaired) electrons. The molecule has 1 fully saturated rings. The molecular weight excluding hydrogens is 268 g/mol. The van der Waals surface area contributed by atoms with Gasteiger partial charge in [-0.3, -0.25) is 0 Å². The maximum absolute atomic E-state index is 12.0. The summed E-state index contributed by atoms with van der Waals surface area (Å²) < 4.78 is 5.22. The topological polar surface area (TPSA) is 70.6 Å². The molecular formula is C16H24N2O3. The lowest BCUT2D eigenvalue weighted by Gasteiger charge is -2.32. The Morgan fingerprint density at radius 1 is 1.24 bits per heavy atom. The van der Waals surface area contributed by atoms with E-state index in [4.69, 9.17) is 4.74 Å². The number of anilines is 1. The van der Waals surface area contributed by atoms with Crippen molar-refractivity contribution >= 4 is 11.7 Å². The number of amides is 2. The summed E-state index contributed by atoms with van der Waals surface area (Å²) in [6.45, 7) is 7.30. The fourth-order valence-corrected chi connectivity index (χ4v) is 2.71. The van der Waals surface area contributed by atoms with Crippen LogP contribution in [0, 0.1) is 20.8 Å². The minimum atomic E-state index is -0.854. The maximum atomic E-state index is 12.0. The van der Waals surface area contributed by atoms with Gasteiger partial charge in [-0.05, 0) is 31.9 Å². The number of urea groups is 1. The van der Waals surface area contributed by atoms with Crippen molar-refractivity contribution in [2.45, 2.75) is 39.2 Å². The predicted molar refractivity (Wildman–Crippen MR) is 82.7 cm³/mol. The van der Waals surface area contributed by atoms with Gasteiger partial charge in [0.2, 0.25) is 0 Å². The SMILES string of the molecule is Cc1cc(C)c(NC(=O)NCC2(O)CCOCC2)c(C)c1. The molecule has 1 heterocycles. The molecule has 0 unspecified atom stereocenters. The Labute approximate surface area is 125 Å². The third kappa shape index (κ3) is 4.19. The second-order valence-electron chi connectivity index (χ2n) is 5.92. The third-order valence-electron chi connectivity index (χ3n) is 3.92. The molecule has 0 aromatic heterocycles. The lowest BCUT2D eigenvalue weighted by Crippen LogP contribution is -2.47. The van der Waals surface area contributed by atoms with E-state index in [1.165, 1.54) is 5.56 Å². The van der Waals surface area contributed by atoms with Crippen LogP contribution in [0.2, 0.25) is 0 Å². The van der Waals surface area contributed by atoms with E-state index in [9.17, 15) is 9.90 Å². The minimum Gasteiger partial charge on any atom is -0.388 e. The number of nitrogens with one attached hydrogen (secondary N) is 2. The fourth-order valence-electron chi connectivity index (χ4n) is 2.71. The Bertz CT molecular complexity index is 499. The van der Waals surface area contributed by atoms with Gasteiger partial charge >= 0.3 is 6.03 Å². The number of hydrogen-bond acceptors (Lipinski definition) is 3. The van der Waals surface area contributed by atoms with Crippen molar-refractivity contribution in [1.29, 1.82) is 0 Å². The molecule has 5 heteroatoms. The zero-order valence-electron chi connectivity index (χ0n) is 13.0. The first kappa shape index (κ1) is 15.8. The lowest BCUT2D eigenvalue weighted by atomic mass is 9.94. The van der Waals surface area contributed by atoms with Crippen LogP contribution in [0.1, 0.15) is 29.5 Å². The predicted octanol–water partition coefficient (Wildman–Crippen LogP) is 2.27. The van der Waals surface area contributed by atoms with Gasteiger partial charge in [-0.1, -0.05) is 17.7 Å². The molecule has 1 saturated heterocycles. The number of aliphatic hydroxyl groups is 1. The quantitative estimate of drug-likeness (QED) is 0.800. The maximum Gasteiger partial charge on any atom is 0.319 e. The molecule has 2 rings (SSSR count). The zero-order valence-corrected chi connectivity index (χ0v) is 13.0. The molecule has 1 aliphatic heterocycles. The summed E-state index contributed by atoms with van der Waals surface area (Å²) >= 11 is 0. The highest BCUT2D eigenvalue weighted by molar-refractivity contribution is 5.91. The van der Waals surface area contributed by atoms with Crippen molar-refractivity contribution in [2.75, 3.05) is 25.1 Å². The van der Waals surface area contributed by atoms with E-state index in [-0.39, 0.29) is 12.6 Å². The second-order valence-corrected chi connectivity index (χ2v) is 5.92. The van der Waals surface area contributed by atoms with Crippen molar-refractivity contribution in [2.24, 2.45) is 0 Å². The molecule has 2 amide bonds. The van der Waals surface area contributed by atoms with E-state index in [0.717, 1.165) is 16.8 Å². The van der Waals surface area contributed by atoms with Gasteiger partial charge in [0.25, 0.3) is 0 Å². The van der Waals surface area contributed by atoms with E-state index in [2.05, 4.69) is 10.6 Å². The summed E-state index contributed by atoms with van der Waals surface area (Å²) in [5.74, 6) is 0. The van der Waals surface area contributed by atoms with Crippen LogP contribution in [0.25, 0.3) is 0 Å². The molecule has 0 spiro atoms. The van der Waals surface area contributed by atoms with Crippen LogP contribution in [-0.2, 0) is 4.74 Å². The summed E-state index contributed by atoms with van der Waals surface area (Å²) in [5, 5.41) is 15.9. The number of ether oxygens (including phenoxy) is 1. The number of benzene rings is 1. The molecule has 1 aliphatic rings. The van der Waals surface area contributed by atoms with Crippen molar-refractivity contribution in [3.05, 3.63) is 28.8 Å². The summed E-state index contributed by atoms with van der Waals surface area (Å²) in [7, 11) is 0. The molecule has 0 saturated carbocycles. The van der Waals surface area contributed by atoms with E-state index in [0.29, 0.717) is 26.1 Å². The van der Waals surface area contributed by atoms with Gasteiger partial charge < -0.3 is 20.5 Å². The zero-order chi connectivity index (χ0) is 15.5. The molecule has 1 aromatic carbocycles. The van der Waals surface area contributed by atoms with Gasteiger partial charge in [-0.2, -0.15) is 0 Å². The minimum absolute atomic E-state index is 0.242.